The molecule has 0 bridgehead atoms. The van der Waals surface area contributed by atoms with Gasteiger partial charge in [0.15, 0.2) is 9.84 Å². The third kappa shape index (κ3) is 5.20. The Bertz CT molecular complexity index is 638. The summed E-state index contributed by atoms with van der Waals surface area (Å²) in [5.74, 6) is 0.540. The maximum Gasteiger partial charge on any atom is 0.221 e. The molecule has 6 nitrogen and oxygen atoms in total. The number of carbonyl (C=O) groups is 1. The fourth-order valence-corrected chi connectivity index (χ4v) is 4.61. The first-order valence-electron chi connectivity index (χ1n) is 7.99. The van der Waals surface area contributed by atoms with Crippen molar-refractivity contribution in [3.05, 3.63) is 23.9 Å². The average molecular weight is 339 g/mol. The number of anilines is 1. The number of nitrogens with zero attached hydrogens (tertiary/aromatic N) is 2. The van der Waals surface area contributed by atoms with Crippen molar-refractivity contribution in [2.75, 3.05) is 24.7 Å². The highest BCUT2D eigenvalue weighted by molar-refractivity contribution is 7.92. The van der Waals surface area contributed by atoms with Crippen LogP contribution in [0, 0.1) is 0 Å². The van der Waals surface area contributed by atoms with Crippen LogP contribution in [-0.2, 0) is 21.2 Å². The molecule has 1 fully saturated rings. The molecule has 0 aromatic carbocycles. The molecule has 0 aliphatic heterocycles. The minimum absolute atomic E-state index is 0.0322. The summed E-state index contributed by atoms with van der Waals surface area (Å²) in [7, 11) is 0.669. The maximum atomic E-state index is 12.1. The number of aromatic nitrogens is 1. The van der Waals surface area contributed by atoms with E-state index in [2.05, 4.69) is 10.3 Å². The minimum Gasteiger partial charge on any atom is -0.363 e. The predicted molar refractivity (Wildman–Crippen MR) is 91.1 cm³/mol. The van der Waals surface area contributed by atoms with E-state index in [1.807, 2.05) is 31.1 Å². The summed E-state index contributed by atoms with van der Waals surface area (Å²) in [5.41, 5.74) is 0.940. The summed E-state index contributed by atoms with van der Waals surface area (Å²) in [6.45, 7) is 0.381. The van der Waals surface area contributed by atoms with Gasteiger partial charge in [-0.2, -0.15) is 0 Å². The second-order valence-corrected chi connectivity index (χ2v) is 8.62. The van der Waals surface area contributed by atoms with Crippen molar-refractivity contribution in [2.45, 2.75) is 43.9 Å². The van der Waals surface area contributed by atoms with Gasteiger partial charge in [0.05, 0.1) is 11.0 Å². The van der Waals surface area contributed by atoms with Crippen LogP contribution < -0.4 is 10.2 Å². The number of sulfone groups is 1. The van der Waals surface area contributed by atoms with Crippen LogP contribution in [0.5, 0.6) is 0 Å². The fourth-order valence-electron chi connectivity index (χ4n) is 2.75. The van der Waals surface area contributed by atoms with Crippen molar-refractivity contribution in [3.63, 3.8) is 0 Å². The minimum atomic E-state index is -3.13. The van der Waals surface area contributed by atoms with Gasteiger partial charge in [0.2, 0.25) is 5.91 Å². The van der Waals surface area contributed by atoms with Gasteiger partial charge >= 0.3 is 0 Å². The molecule has 1 aromatic rings. The predicted octanol–water partition coefficient (Wildman–Crippen LogP) is 1.51. The number of rotatable bonds is 7. The van der Waals surface area contributed by atoms with E-state index >= 15 is 0 Å². The van der Waals surface area contributed by atoms with Crippen LogP contribution in [0.1, 0.15) is 37.7 Å². The second-order valence-electron chi connectivity index (χ2n) is 6.22. The summed E-state index contributed by atoms with van der Waals surface area (Å²) in [6.07, 6.45) is 5.17. The number of amides is 1. The van der Waals surface area contributed by atoms with E-state index in [4.69, 9.17) is 0 Å². The third-order valence-corrected chi connectivity index (χ3v) is 6.44. The summed E-state index contributed by atoms with van der Waals surface area (Å²) < 4.78 is 24.3. The van der Waals surface area contributed by atoms with E-state index in [1.165, 1.54) is 0 Å². The summed E-state index contributed by atoms with van der Waals surface area (Å²) in [6, 6.07) is 3.73. The van der Waals surface area contributed by atoms with Gasteiger partial charge in [-0.25, -0.2) is 13.4 Å². The second kappa shape index (κ2) is 7.77. The molecule has 1 aromatic heterocycles. The molecule has 7 heteroatoms. The lowest BCUT2D eigenvalue weighted by Gasteiger charge is -2.13. The van der Waals surface area contributed by atoms with Crippen molar-refractivity contribution >= 4 is 21.6 Å². The Morgan fingerprint density at radius 2 is 2.04 bits per heavy atom. The number of pyridine rings is 1. The van der Waals surface area contributed by atoms with E-state index < -0.39 is 9.84 Å². The van der Waals surface area contributed by atoms with Crippen molar-refractivity contribution < 1.29 is 13.2 Å². The smallest absolute Gasteiger partial charge is 0.221 e. The van der Waals surface area contributed by atoms with Crippen molar-refractivity contribution in [2.24, 2.45) is 0 Å². The van der Waals surface area contributed by atoms with Crippen LogP contribution in [-0.4, -0.2) is 44.4 Å². The fraction of sp³-hybridized carbons (Fsp3) is 0.625. The van der Waals surface area contributed by atoms with Gasteiger partial charge in [-0.3, -0.25) is 4.79 Å². The van der Waals surface area contributed by atoms with E-state index in [0.717, 1.165) is 37.1 Å². The topological polar surface area (TPSA) is 79.4 Å². The summed E-state index contributed by atoms with van der Waals surface area (Å²) in [4.78, 5) is 18.0. The first-order valence-corrected chi connectivity index (χ1v) is 9.70. The van der Waals surface area contributed by atoms with E-state index in [1.54, 1.807) is 6.20 Å². The Labute approximate surface area is 138 Å². The molecule has 0 atom stereocenters. The highest BCUT2D eigenvalue weighted by Gasteiger charge is 2.28. The van der Waals surface area contributed by atoms with Crippen LogP contribution >= 0.6 is 0 Å². The molecule has 1 N–H and O–H groups in total. The molecule has 0 saturated heterocycles. The van der Waals surface area contributed by atoms with Gasteiger partial charge in [0, 0.05) is 33.3 Å². The number of carbonyl (C=O) groups excluding carboxylic acids is 1. The molecular formula is C16H25N3O3S. The standard InChI is InChI=1S/C16H25N3O3S/c1-19(2)15-11-13(7-9-17-15)12-18-16(20)8-10-23(21,22)14-5-3-4-6-14/h7,9,11,14H,3-6,8,10,12H2,1-2H3,(H,18,20). The van der Waals surface area contributed by atoms with Crippen LogP contribution in [0.15, 0.2) is 18.3 Å². The van der Waals surface area contributed by atoms with Gasteiger partial charge in [-0.1, -0.05) is 12.8 Å². The highest BCUT2D eigenvalue weighted by atomic mass is 32.2. The quantitative estimate of drug-likeness (QED) is 0.814. The summed E-state index contributed by atoms with van der Waals surface area (Å²) >= 11 is 0. The third-order valence-electron chi connectivity index (χ3n) is 4.18. The molecule has 1 heterocycles. The number of hydrogen-bond donors (Lipinski definition) is 1. The molecule has 0 spiro atoms. The zero-order valence-corrected chi connectivity index (χ0v) is 14.6. The Hall–Kier alpha value is -1.63. The van der Waals surface area contributed by atoms with E-state index in [-0.39, 0.29) is 23.3 Å². The Morgan fingerprint density at radius 1 is 1.35 bits per heavy atom. The SMILES string of the molecule is CN(C)c1cc(CNC(=O)CCS(=O)(=O)C2CCCC2)ccn1. The molecule has 1 amide bonds. The molecule has 0 unspecified atom stereocenters. The normalized spacial score (nSPS) is 15.6. The molecule has 1 aliphatic rings. The molecule has 23 heavy (non-hydrogen) atoms. The Morgan fingerprint density at radius 3 is 2.70 bits per heavy atom. The summed E-state index contributed by atoms with van der Waals surface area (Å²) in [5, 5.41) is 2.54. The molecule has 1 aliphatic carbocycles. The van der Waals surface area contributed by atoms with Crippen LogP contribution in [0.4, 0.5) is 5.82 Å². The molecule has 128 valence electrons. The highest BCUT2D eigenvalue weighted by Crippen LogP contribution is 2.25. The lowest BCUT2D eigenvalue weighted by Crippen LogP contribution is -2.28. The molecule has 2 rings (SSSR count). The van der Waals surface area contributed by atoms with Crippen molar-refractivity contribution in [3.8, 4) is 0 Å². The monoisotopic (exact) mass is 339 g/mol. The van der Waals surface area contributed by atoms with Crippen LogP contribution in [0.25, 0.3) is 0 Å². The largest absolute Gasteiger partial charge is 0.363 e. The maximum absolute atomic E-state index is 12.1. The number of hydrogen-bond acceptors (Lipinski definition) is 5. The van der Waals surface area contributed by atoms with Gasteiger partial charge < -0.3 is 10.2 Å². The molecule has 1 saturated carbocycles. The van der Waals surface area contributed by atoms with Gasteiger partial charge in [-0.05, 0) is 30.5 Å². The Balaban J connectivity index is 1.80. The lowest BCUT2D eigenvalue weighted by molar-refractivity contribution is -0.120. The van der Waals surface area contributed by atoms with E-state index in [9.17, 15) is 13.2 Å². The van der Waals surface area contributed by atoms with Gasteiger partial charge in [0.25, 0.3) is 0 Å². The zero-order chi connectivity index (χ0) is 16.9. The number of nitrogens with one attached hydrogen (secondary N) is 1. The Kier molecular flexibility index (Phi) is 5.98. The zero-order valence-electron chi connectivity index (χ0n) is 13.8. The van der Waals surface area contributed by atoms with Gasteiger partial charge in [0.1, 0.15) is 5.82 Å². The lowest BCUT2D eigenvalue weighted by atomic mass is 10.2. The van der Waals surface area contributed by atoms with Crippen molar-refractivity contribution in [1.82, 2.24) is 10.3 Å². The molecule has 0 radical (unpaired) electrons. The van der Waals surface area contributed by atoms with Gasteiger partial charge in [-0.15, -0.1) is 0 Å². The van der Waals surface area contributed by atoms with Crippen molar-refractivity contribution in [1.29, 1.82) is 0 Å². The first kappa shape index (κ1) is 17.7. The van der Waals surface area contributed by atoms with Crippen LogP contribution in [0.2, 0.25) is 0 Å². The first-order chi connectivity index (χ1) is 10.9. The molecular weight excluding hydrogens is 314 g/mol. The average Bonchev–Trinajstić information content (AvgIpc) is 3.06. The van der Waals surface area contributed by atoms with Crippen LogP contribution in [0.3, 0.4) is 0 Å². The van der Waals surface area contributed by atoms with E-state index in [0.29, 0.717) is 6.54 Å².